The van der Waals surface area contributed by atoms with Gasteiger partial charge in [-0.05, 0) is 51.3 Å². The molecule has 2 aromatic rings. The summed E-state index contributed by atoms with van der Waals surface area (Å²) in [5.74, 6) is -0.412. The fourth-order valence-electron chi connectivity index (χ4n) is 3.32. The maximum Gasteiger partial charge on any atom is 0.229 e. The quantitative estimate of drug-likeness (QED) is 0.651. The molecular weight excluding hydrogens is 425 g/mol. The fourth-order valence-corrected chi connectivity index (χ4v) is 3.95. The van der Waals surface area contributed by atoms with Crippen molar-refractivity contribution in [3.63, 3.8) is 0 Å². The number of halogens is 1. The zero-order valence-electron chi connectivity index (χ0n) is 17.9. The van der Waals surface area contributed by atoms with Crippen molar-refractivity contribution in [2.75, 3.05) is 25.9 Å². The summed E-state index contributed by atoms with van der Waals surface area (Å²) in [5, 5.41) is 9.43. The van der Waals surface area contributed by atoms with Gasteiger partial charge in [0.1, 0.15) is 12.4 Å². The van der Waals surface area contributed by atoms with Crippen LogP contribution in [-0.2, 0) is 9.84 Å². The SMILES string of the molecule is Cc1c(Oc2ccc(S(C)(=O)=O)cc2F)ncnc1OC1CCN(CC[C@H](C)O)CC1. The molecule has 31 heavy (non-hydrogen) atoms. The molecule has 1 N–H and O–H groups in total. The van der Waals surface area contributed by atoms with E-state index >= 15 is 0 Å². The maximum atomic E-state index is 14.3. The first-order valence-electron chi connectivity index (χ1n) is 10.2. The summed E-state index contributed by atoms with van der Waals surface area (Å²) in [4.78, 5) is 10.4. The number of ether oxygens (including phenoxy) is 2. The predicted octanol–water partition coefficient (Wildman–Crippen LogP) is 2.73. The second-order valence-corrected chi connectivity index (χ2v) is 9.89. The third-order valence-electron chi connectivity index (χ3n) is 5.21. The van der Waals surface area contributed by atoms with Gasteiger partial charge in [0.25, 0.3) is 0 Å². The average Bonchev–Trinajstić information content (AvgIpc) is 2.71. The lowest BCUT2D eigenvalue weighted by atomic mass is 10.1. The van der Waals surface area contributed by atoms with Crippen LogP contribution < -0.4 is 9.47 Å². The van der Waals surface area contributed by atoms with E-state index in [9.17, 15) is 17.9 Å². The van der Waals surface area contributed by atoms with Gasteiger partial charge in [-0.15, -0.1) is 0 Å². The first-order chi connectivity index (χ1) is 14.6. The second-order valence-electron chi connectivity index (χ2n) is 7.87. The van der Waals surface area contributed by atoms with Gasteiger partial charge >= 0.3 is 0 Å². The first kappa shape index (κ1) is 23.4. The Morgan fingerprint density at radius 2 is 1.94 bits per heavy atom. The van der Waals surface area contributed by atoms with Gasteiger partial charge in [0, 0.05) is 25.9 Å². The Balaban J connectivity index is 1.65. The molecule has 1 saturated heterocycles. The minimum atomic E-state index is -3.52. The molecule has 0 unspecified atom stereocenters. The van der Waals surface area contributed by atoms with E-state index in [0.29, 0.717) is 11.4 Å². The van der Waals surface area contributed by atoms with Gasteiger partial charge in [0.2, 0.25) is 11.8 Å². The van der Waals surface area contributed by atoms with E-state index in [-0.39, 0.29) is 28.7 Å². The number of aromatic nitrogens is 2. The second kappa shape index (κ2) is 9.88. The summed E-state index contributed by atoms with van der Waals surface area (Å²) in [6.07, 6.45) is 4.41. The smallest absolute Gasteiger partial charge is 0.229 e. The third kappa shape index (κ3) is 6.34. The Morgan fingerprint density at radius 3 is 2.55 bits per heavy atom. The van der Waals surface area contributed by atoms with Crippen molar-refractivity contribution in [1.29, 1.82) is 0 Å². The Hall–Kier alpha value is -2.30. The van der Waals surface area contributed by atoms with Crippen LogP contribution in [0.4, 0.5) is 4.39 Å². The summed E-state index contributed by atoms with van der Waals surface area (Å²) in [6.45, 7) is 6.13. The van der Waals surface area contributed by atoms with E-state index in [1.807, 2.05) is 0 Å². The van der Waals surface area contributed by atoms with Gasteiger partial charge in [-0.25, -0.2) is 22.8 Å². The lowest BCUT2D eigenvalue weighted by Crippen LogP contribution is -2.39. The number of aliphatic hydroxyl groups is 1. The van der Waals surface area contributed by atoms with Crippen molar-refractivity contribution in [2.45, 2.75) is 50.2 Å². The molecule has 1 aliphatic rings. The molecule has 0 amide bonds. The van der Waals surface area contributed by atoms with Crippen LogP contribution in [0.5, 0.6) is 17.5 Å². The van der Waals surface area contributed by atoms with E-state index < -0.39 is 15.7 Å². The largest absolute Gasteiger partial charge is 0.474 e. The van der Waals surface area contributed by atoms with Crippen molar-refractivity contribution >= 4 is 9.84 Å². The molecule has 1 aromatic heterocycles. The van der Waals surface area contributed by atoms with Crippen LogP contribution in [0.1, 0.15) is 31.7 Å². The number of rotatable bonds is 8. The number of nitrogens with zero attached hydrogens (tertiary/aromatic N) is 3. The molecule has 1 aromatic carbocycles. The first-order valence-corrected chi connectivity index (χ1v) is 12.1. The highest BCUT2D eigenvalue weighted by atomic mass is 32.2. The van der Waals surface area contributed by atoms with Crippen molar-refractivity contribution in [3.8, 4) is 17.5 Å². The Bertz CT molecular complexity index is 1010. The summed E-state index contributed by atoms with van der Waals surface area (Å²) in [6, 6.07) is 3.47. The highest BCUT2D eigenvalue weighted by molar-refractivity contribution is 7.90. The summed E-state index contributed by atoms with van der Waals surface area (Å²) >= 11 is 0. The zero-order valence-corrected chi connectivity index (χ0v) is 18.7. The molecule has 3 rings (SSSR count). The Morgan fingerprint density at radius 1 is 1.26 bits per heavy atom. The van der Waals surface area contributed by atoms with Crippen LogP contribution in [0.3, 0.4) is 0 Å². The molecule has 170 valence electrons. The molecular formula is C21H28FN3O5S. The monoisotopic (exact) mass is 453 g/mol. The van der Waals surface area contributed by atoms with Crippen LogP contribution in [0.15, 0.2) is 29.4 Å². The topological polar surface area (TPSA) is 102 Å². The molecule has 1 atom stereocenters. The molecule has 0 bridgehead atoms. The van der Waals surface area contributed by atoms with E-state index in [4.69, 9.17) is 9.47 Å². The minimum absolute atomic E-state index is 0.00460. The van der Waals surface area contributed by atoms with E-state index in [2.05, 4.69) is 14.9 Å². The Kier molecular flexibility index (Phi) is 7.45. The fraction of sp³-hybridized carbons (Fsp3) is 0.524. The van der Waals surface area contributed by atoms with Gasteiger partial charge < -0.3 is 19.5 Å². The van der Waals surface area contributed by atoms with Gasteiger partial charge in [-0.2, -0.15) is 0 Å². The van der Waals surface area contributed by atoms with Crippen molar-refractivity contribution in [3.05, 3.63) is 35.9 Å². The van der Waals surface area contributed by atoms with E-state index in [1.54, 1.807) is 13.8 Å². The molecule has 0 aliphatic carbocycles. The summed E-state index contributed by atoms with van der Waals surface area (Å²) < 4.78 is 49.1. The van der Waals surface area contributed by atoms with Crippen LogP contribution in [0, 0.1) is 12.7 Å². The van der Waals surface area contributed by atoms with Crippen LogP contribution in [0.2, 0.25) is 0 Å². The number of piperidine rings is 1. The van der Waals surface area contributed by atoms with Crippen molar-refractivity contribution in [1.82, 2.24) is 14.9 Å². The van der Waals surface area contributed by atoms with Gasteiger partial charge in [-0.3, -0.25) is 0 Å². The Labute approximate surface area is 182 Å². The number of sulfone groups is 1. The number of hydrogen-bond donors (Lipinski definition) is 1. The zero-order chi connectivity index (χ0) is 22.6. The molecule has 0 saturated carbocycles. The number of benzene rings is 1. The normalized spacial score (nSPS) is 16.8. The van der Waals surface area contributed by atoms with Crippen molar-refractivity contribution < 1.29 is 27.4 Å². The van der Waals surface area contributed by atoms with Gasteiger partial charge in [0.05, 0.1) is 16.6 Å². The molecule has 0 radical (unpaired) electrons. The average molecular weight is 454 g/mol. The van der Waals surface area contributed by atoms with Crippen molar-refractivity contribution in [2.24, 2.45) is 0 Å². The van der Waals surface area contributed by atoms with Gasteiger partial charge in [0.15, 0.2) is 21.4 Å². The minimum Gasteiger partial charge on any atom is -0.474 e. The number of likely N-dealkylation sites (tertiary alicyclic amines) is 1. The van der Waals surface area contributed by atoms with Crippen LogP contribution >= 0.6 is 0 Å². The van der Waals surface area contributed by atoms with E-state index in [0.717, 1.165) is 51.2 Å². The lowest BCUT2D eigenvalue weighted by Gasteiger charge is -2.32. The standard InChI is InChI=1S/C21H28FN3O5S/c1-14(26)6-9-25-10-7-16(8-11-25)29-20-15(2)21(24-13-23-20)30-19-5-4-17(12-18(19)22)31(3,27)28/h4-5,12-14,16,26H,6-11H2,1-3H3/t14-/m0/s1. The maximum absolute atomic E-state index is 14.3. The highest BCUT2D eigenvalue weighted by Crippen LogP contribution is 2.31. The van der Waals surface area contributed by atoms with Crippen LogP contribution in [-0.4, -0.2) is 66.5 Å². The number of aliphatic hydroxyl groups excluding tert-OH is 1. The molecule has 1 fully saturated rings. The molecule has 0 spiro atoms. The molecule has 1 aliphatic heterocycles. The third-order valence-corrected chi connectivity index (χ3v) is 6.32. The number of hydrogen-bond acceptors (Lipinski definition) is 8. The predicted molar refractivity (Wildman–Crippen MR) is 113 cm³/mol. The van der Waals surface area contributed by atoms with Crippen LogP contribution in [0.25, 0.3) is 0 Å². The summed E-state index contributed by atoms with van der Waals surface area (Å²) in [7, 11) is -3.52. The van der Waals surface area contributed by atoms with Gasteiger partial charge in [-0.1, -0.05) is 0 Å². The molecule has 8 nitrogen and oxygen atoms in total. The highest BCUT2D eigenvalue weighted by Gasteiger charge is 2.23. The lowest BCUT2D eigenvalue weighted by molar-refractivity contribution is 0.0844. The molecule has 2 heterocycles. The molecule has 10 heteroatoms. The van der Waals surface area contributed by atoms with E-state index in [1.165, 1.54) is 18.5 Å². The summed E-state index contributed by atoms with van der Waals surface area (Å²) in [5.41, 5.74) is 0.533.